The zero-order valence-electron chi connectivity index (χ0n) is 11.5. The summed E-state index contributed by atoms with van der Waals surface area (Å²) in [6.07, 6.45) is 8.25. The topological polar surface area (TPSA) is 52.3 Å². The predicted molar refractivity (Wildman–Crippen MR) is 76.0 cm³/mol. The molecule has 0 amide bonds. The van der Waals surface area contributed by atoms with Gasteiger partial charge < -0.3 is 10.5 Å². The van der Waals surface area contributed by atoms with Crippen molar-refractivity contribution in [2.45, 2.75) is 69.3 Å². The summed E-state index contributed by atoms with van der Waals surface area (Å²) in [5, 5.41) is 0.208. The summed E-state index contributed by atoms with van der Waals surface area (Å²) in [7, 11) is -0.801. The highest BCUT2D eigenvalue weighted by atomic mass is 32.2. The van der Waals surface area contributed by atoms with Gasteiger partial charge in [0.05, 0.1) is 17.1 Å². The Bertz CT molecular complexity index is 279. The van der Waals surface area contributed by atoms with Crippen LogP contribution in [-0.4, -0.2) is 34.0 Å². The first-order chi connectivity index (χ1) is 8.70. The highest BCUT2D eigenvalue weighted by molar-refractivity contribution is 7.85. The Morgan fingerprint density at radius 2 is 2.17 bits per heavy atom. The van der Waals surface area contributed by atoms with E-state index in [-0.39, 0.29) is 17.4 Å². The Hall–Kier alpha value is 0.0700. The molecule has 18 heavy (non-hydrogen) atoms. The minimum absolute atomic E-state index is 0.139. The first-order valence-corrected chi connectivity index (χ1v) is 8.83. The number of rotatable bonds is 5. The quantitative estimate of drug-likeness (QED) is 0.835. The van der Waals surface area contributed by atoms with Gasteiger partial charge in [0.15, 0.2) is 0 Å². The van der Waals surface area contributed by atoms with Gasteiger partial charge in [-0.2, -0.15) is 0 Å². The van der Waals surface area contributed by atoms with Crippen LogP contribution in [-0.2, 0) is 15.5 Å². The average molecular weight is 273 g/mol. The zero-order chi connectivity index (χ0) is 13.0. The summed E-state index contributed by atoms with van der Waals surface area (Å²) in [6, 6.07) is 0.139. The molecule has 1 heterocycles. The molecule has 0 aromatic rings. The molecule has 4 heteroatoms. The molecule has 1 saturated carbocycles. The summed E-state index contributed by atoms with van der Waals surface area (Å²) < 4.78 is 18.1. The molecule has 2 N–H and O–H groups in total. The van der Waals surface area contributed by atoms with Gasteiger partial charge in [0.1, 0.15) is 0 Å². The molecular weight excluding hydrogens is 246 g/mol. The Kier molecular flexibility index (Phi) is 5.64. The summed E-state index contributed by atoms with van der Waals surface area (Å²) in [6.45, 7) is 3.07. The van der Waals surface area contributed by atoms with Gasteiger partial charge in [-0.25, -0.2) is 0 Å². The molecule has 0 radical (unpaired) electrons. The van der Waals surface area contributed by atoms with Crippen molar-refractivity contribution in [3.8, 4) is 0 Å². The van der Waals surface area contributed by atoms with Crippen LogP contribution >= 0.6 is 0 Å². The minimum atomic E-state index is -0.801. The standard InChI is InChI=1S/C14H27NO2S/c1-2-4-11-6-7-13(15)14(9-11)18(16)10-12-5-3-8-17-12/h11-14H,2-10,15H2,1H3. The fourth-order valence-electron chi connectivity index (χ4n) is 3.29. The third-order valence-electron chi connectivity index (χ3n) is 4.36. The van der Waals surface area contributed by atoms with E-state index in [1.807, 2.05) is 0 Å². The number of nitrogens with two attached hydrogens (primary N) is 1. The summed E-state index contributed by atoms with van der Waals surface area (Å²) in [5.41, 5.74) is 6.18. The molecule has 3 nitrogen and oxygen atoms in total. The average Bonchev–Trinajstić information content (AvgIpc) is 2.84. The van der Waals surface area contributed by atoms with Crippen molar-refractivity contribution in [2.24, 2.45) is 11.7 Å². The monoisotopic (exact) mass is 273 g/mol. The lowest BCUT2D eigenvalue weighted by molar-refractivity contribution is 0.128. The molecule has 0 spiro atoms. The van der Waals surface area contributed by atoms with Gasteiger partial charge in [-0.3, -0.25) is 4.21 Å². The Balaban J connectivity index is 1.85. The first kappa shape index (κ1) is 14.5. The lowest BCUT2D eigenvalue weighted by atomic mass is 9.83. The minimum Gasteiger partial charge on any atom is -0.377 e. The van der Waals surface area contributed by atoms with Crippen LogP contribution in [0.3, 0.4) is 0 Å². The second-order valence-electron chi connectivity index (χ2n) is 5.85. The molecular formula is C14H27NO2S. The largest absolute Gasteiger partial charge is 0.377 e. The van der Waals surface area contributed by atoms with Crippen molar-refractivity contribution < 1.29 is 8.95 Å². The molecule has 5 atom stereocenters. The second-order valence-corrected chi connectivity index (χ2v) is 7.55. The van der Waals surface area contributed by atoms with E-state index in [1.165, 1.54) is 19.3 Å². The van der Waals surface area contributed by atoms with E-state index in [0.717, 1.165) is 38.2 Å². The van der Waals surface area contributed by atoms with Crippen LogP contribution in [0.25, 0.3) is 0 Å². The van der Waals surface area contributed by atoms with Crippen LogP contribution in [0.1, 0.15) is 51.9 Å². The number of hydrogen-bond acceptors (Lipinski definition) is 3. The molecule has 2 fully saturated rings. The van der Waals surface area contributed by atoms with E-state index in [0.29, 0.717) is 5.75 Å². The maximum Gasteiger partial charge on any atom is 0.0691 e. The SMILES string of the molecule is CCCC1CCC(N)C(S(=O)CC2CCCO2)C1. The fourth-order valence-corrected chi connectivity index (χ4v) is 5.18. The van der Waals surface area contributed by atoms with Crippen LogP contribution < -0.4 is 5.73 Å². The first-order valence-electron chi connectivity index (χ1n) is 7.45. The molecule has 1 saturated heterocycles. The van der Waals surface area contributed by atoms with Gasteiger partial charge in [-0.05, 0) is 38.0 Å². The maximum absolute atomic E-state index is 12.5. The predicted octanol–water partition coefficient (Wildman–Crippen LogP) is 2.21. The second kappa shape index (κ2) is 7.01. The maximum atomic E-state index is 12.5. The third-order valence-corrected chi connectivity index (χ3v) is 6.28. The van der Waals surface area contributed by atoms with Crippen molar-refractivity contribution in [1.29, 1.82) is 0 Å². The smallest absolute Gasteiger partial charge is 0.0691 e. The van der Waals surface area contributed by atoms with Crippen LogP contribution in [0.2, 0.25) is 0 Å². The Morgan fingerprint density at radius 3 is 2.83 bits per heavy atom. The number of ether oxygens (including phenoxy) is 1. The molecule has 0 aromatic heterocycles. The van der Waals surface area contributed by atoms with E-state index in [1.54, 1.807) is 0 Å². The van der Waals surface area contributed by atoms with Crippen molar-refractivity contribution in [3.05, 3.63) is 0 Å². The van der Waals surface area contributed by atoms with Gasteiger partial charge in [-0.15, -0.1) is 0 Å². The van der Waals surface area contributed by atoms with Crippen LogP contribution in [0.4, 0.5) is 0 Å². The van der Waals surface area contributed by atoms with Crippen LogP contribution in [0.5, 0.6) is 0 Å². The van der Waals surface area contributed by atoms with Crippen molar-refractivity contribution in [1.82, 2.24) is 0 Å². The van der Waals surface area contributed by atoms with Crippen molar-refractivity contribution >= 4 is 10.8 Å². The van der Waals surface area contributed by atoms with Crippen molar-refractivity contribution in [3.63, 3.8) is 0 Å². The van der Waals surface area contributed by atoms with E-state index in [9.17, 15) is 4.21 Å². The fraction of sp³-hybridized carbons (Fsp3) is 1.00. The lowest BCUT2D eigenvalue weighted by Crippen LogP contribution is -2.44. The van der Waals surface area contributed by atoms with E-state index in [4.69, 9.17) is 10.5 Å². The van der Waals surface area contributed by atoms with E-state index < -0.39 is 10.8 Å². The molecule has 1 aliphatic heterocycles. The molecule has 0 bridgehead atoms. The zero-order valence-corrected chi connectivity index (χ0v) is 12.3. The normalized spacial score (nSPS) is 38.8. The summed E-state index contributed by atoms with van der Waals surface area (Å²) in [4.78, 5) is 0. The highest BCUT2D eigenvalue weighted by Gasteiger charge is 2.33. The molecule has 2 aliphatic rings. The molecule has 106 valence electrons. The van der Waals surface area contributed by atoms with E-state index in [2.05, 4.69) is 6.92 Å². The third kappa shape index (κ3) is 3.78. The van der Waals surface area contributed by atoms with Crippen LogP contribution in [0.15, 0.2) is 0 Å². The highest BCUT2D eigenvalue weighted by Crippen LogP contribution is 2.30. The molecule has 0 aromatic carbocycles. The van der Waals surface area contributed by atoms with Gasteiger partial charge in [0.25, 0.3) is 0 Å². The Labute approximate surface area is 113 Å². The summed E-state index contributed by atoms with van der Waals surface area (Å²) in [5.74, 6) is 1.45. The van der Waals surface area contributed by atoms with Gasteiger partial charge in [0.2, 0.25) is 0 Å². The van der Waals surface area contributed by atoms with Gasteiger partial charge in [-0.1, -0.05) is 19.8 Å². The molecule has 5 unspecified atom stereocenters. The Morgan fingerprint density at radius 1 is 1.33 bits per heavy atom. The van der Waals surface area contributed by atoms with Crippen molar-refractivity contribution in [2.75, 3.05) is 12.4 Å². The summed E-state index contributed by atoms with van der Waals surface area (Å²) >= 11 is 0. The van der Waals surface area contributed by atoms with E-state index >= 15 is 0 Å². The van der Waals surface area contributed by atoms with Gasteiger partial charge >= 0.3 is 0 Å². The van der Waals surface area contributed by atoms with Gasteiger partial charge in [0, 0.05) is 23.4 Å². The van der Waals surface area contributed by atoms with Crippen LogP contribution in [0, 0.1) is 5.92 Å². The molecule has 2 rings (SSSR count). The number of hydrogen-bond donors (Lipinski definition) is 1. The lowest BCUT2D eigenvalue weighted by Gasteiger charge is -2.33. The molecule has 1 aliphatic carbocycles.